The Balaban J connectivity index is 0.975. The van der Waals surface area contributed by atoms with E-state index in [4.69, 9.17) is 19.4 Å². The third-order valence-electron chi connectivity index (χ3n) is 11.1. The van der Waals surface area contributed by atoms with Gasteiger partial charge in [-0.15, -0.1) is 11.3 Å². The fourth-order valence-electron chi connectivity index (χ4n) is 8.30. The number of furan rings is 1. The number of aromatic nitrogens is 3. The molecule has 0 N–H and O–H groups in total. The first-order valence-corrected chi connectivity index (χ1v) is 20.1. The second-order valence-electron chi connectivity index (χ2n) is 14.6. The molecule has 56 heavy (non-hydrogen) atoms. The lowest BCUT2D eigenvalue weighted by atomic mass is 9.84. The van der Waals surface area contributed by atoms with Crippen molar-refractivity contribution in [2.24, 2.45) is 0 Å². The summed E-state index contributed by atoms with van der Waals surface area (Å²) in [7, 11) is 0. The zero-order valence-electron chi connectivity index (χ0n) is 30.5. The molecule has 2 aliphatic carbocycles. The summed E-state index contributed by atoms with van der Waals surface area (Å²) in [6, 6.07) is 49.3. The SMILES string of the molecule is C1=CC(c2ccc(-c3nc(-c4ccccc4)nc(-c4ccc5c6c(oc5c4)CC(c4cc(-c5ccccc5)cc5sc7ccccc7c45)C=C6)n3)cc2)=CCC1. The van der Waals surface area contributed by atoms with Gasteiger partial charge >= 0.3 is 0 Å². The Morgan fingerprint density at radius 3 is 1.98 bits per heavy atom. The summed E-state index contributed by atoms with van der Waals surface area (Å²) in [4.78, 5) is 15.0. The highest BCUT2D eigenvalue weighted by molar-refractivity contribution is 7.25. The molecule has 6 aromatic carbocycles. The Labute approximate surface area is 328 Å². The van der Waals surface area contributed by atoms with E-state index in [0.29, 0.717) is 17.5 Å². The van der Waals surface area contributed by atoms with Crippen molar-refractivity contribution in [3.8, 4) is 45.3 Å². The standard InChI is InChI=1S/C51H35N3OS/c1-4-12-32(13-5-1)34-20-22-36(23-21-34)50-52-49(35-16-8-3-9-17-35)53-51(54-50)38-25-27-41-40-26-24-37(29-44(40)55-45(41)30-38)43-28-39(33-14-6-2-7-15-33)31-47-48(43)42-18-10-11-19-46(42)56-47/h2-4,6-28,30-31,37H,1,5,29H2. The summed E-state index contributed by atoms with van der Waals surface area (Å²) in [6.45, 7) is 0. The Kier molecular flexibility index (Phi) is 7.92. The molecule has 3 aromatic heterocycles. The maximum Gasteiger partial charge on any atom is 0.164 e. The van der Waals surface area contributed by atoms with Crippen molar-refractivity contribution in [2.75, 3.05) is 0 Å². The van der Waals surface area contributed by atoms with Gasteiger partial charge in [0.1, 0.15) is 11.3 Å². The van der Waals surface area contributed by atoms with Crippen molar-refractivity contribution in [1.82, 2.24) is 15.0 Å². The molecular weight excluding hydrogens is 703 g/mol. The molecule has 3 heterocycles. The van der Waals surface area contributed by atoms with Crippen LogP contribution in [-0.2, 0) is 6.42 Å². The van der Waals surface area contributed by atoms with E-state index in [9.17, 15) is 0 Å². The van der Waals surface area contributed by atoms with Crippen LogP contribution in [0.5, 0.6) is 0 Å². The van der Waals surface area contributed by atoms with Crippen molar-refractivity contribution in [2.45, 2.75) is 25.2 Å². The molecule has 0 amide bonds. The number of hydrogen-bond acceptors (Lipinski definition) is 5. The maximum absolute atomic E-state index is 6.77. The first kappa shape index (κ1) is 32.7. The lowest BCUT2D eigenvalue weighted by Gasteiger charge is -2.19. The van der Waals surface area contributed by atoms with Gasteiger partial charge in [0.15, 0.2) is 17.5 Å². The van der Waals surface area contributed by atoms with E-state index < -0.39 is 0 Å². The topological polar surface area (TPSA) is 51.8 Å². The summed E-state index contributed by atoms with van der Waals surface area (Å²) in [5.41, 5.74) is 11.0. The van der Waals surface area contributed by atoms with Crippen LogP contribution in [0.1, 0.15) is 41.2 Å². The second kappa shape index (κ2) is 13.6. The van der Waals surface area contributed by atoms with Crippen LogP contribution in [0.3, 0.4) is 0 Å². The molecule has 266 valence electrons. The number of thiophene rings is 1. The summed E-state index contributed by atoms with van der Waals surface area (Å²) in [5, 5.41) is 3.76. The van der Waals surface area contributed by atoms with Crippen molar-refractivity contribution in [3.63, 3.8) is 0 Å². The zero-order valence-corrected chi connectivity index (χ0v) is 31.3. The molecule has 11 rings (SSSR count). The van der Waals surface area contributed by atoms with Crippen molar-refractivity contribution in [3.05, 3.63) is 186 Å². The average molecular weight is 738 g/mol. The molecule has 0 fully saturated rings. The van der Waals surface area contributed by atoms with Crippen LogP contribution >= 0.6 is 11.3 Å². The third-order valence-corrected chi connectivity index (χ3v) is 12.2. The summed E-state index contributed by atoms with van der Waals surface area (Å²) in [5.74, 6) is 3.07. The predicted molar refractivity (Wildman–Crippen MR) is 233 cm³/mol. The molecule has 4 nitrogen and oxygen atoms in total. The van der Waals surface area contributed by atoms with Crippen LogP contribution in [0.2, 0.25) is 0 Å². The Morgan fingerprint density at radius 1 is 0.536 bits per heavy atom. The average Bonchev–Trinajstić information content (AvgIpc) is 3.84. The monoisotopic (exact) mass is 737 g/mol. The molecular formula is C51H35N3OS. The quantitative estimate of drug-likeness (QED) is 0.170. The molecule has 2 aliphatic rings. The third kappa shape index (κ3) is 5.80. The van der Waals surface area contributed by atoms with Gasteiger partial charge in [-0.1, -0.05) is 140 Å². The minimum atomic E-state index is 0.169. The smallest absolute Gasteiger partial charge is 0.164 e. The van der Waals surface area contributed by atoms with Gasteiger partial charge in [-0.2, -0.15) is 0 Å². The van der Waals surface area contributed by atoms with Gasteiger partial charge in [-0.05, 0) is 71.0 Å². The van der Waals surface area contributed by atoms with E-state index in [1.165, 1.54) is 48.0 Å². The molecule has 0 saturated heterocycles. The summed E-state index contributed by atoms with van der Waals surface area (Å²) in [6.07, 6.45) is 14.3. The Bertz CT molecular complexity index is 3040. The van der Waals surface area contributed by atoms with Crippen molar-refractivity contribution < 1.29 is 4.42 Å². The van der Waals surface area contributed by atoms with Gasteiger partial charge in [0.05, 0.1) is 0 Å². The van der Waals surface area contributed by atoms with Gasteiger partial charge < -0.3 is 4.42 Å². The highest BCUT2D eigenvalue weighted by atomic mass is 32.1. The molecule has 0 spiro atoms. The molecule has 0 bridgehead atoms. The highest BCUT2D eigenvalue weighted by Crippen LogP contribution is 2.45. The van der Waals surface area contributed by atoms with Gasteiger partial charge in [-0.25, -0.2) is 15.0 Å². The van der Waals surface area contributed by atoms with Crippen LogP contribution in [0, 0.1) is 0 Å². The maximum atomic E-state index is 6.77. The van der Waals surface area contributed by atoms with Crippen molar-refractivity contribution in [1.29, 1.82) is 0 Å². The summed E-state index contributed by atoms with van der Waals surface area (Å²) < 4.78 is 9.40. The number of hydrogen-bond donors (Lipinski definition) is 0. The lowest BCUT2D eigenvalue weighted by Crippen LogP contribution is -2.05. The number of fused-ring (bicyclic) bond motifs is 6. The van der Waals surface area contributed by atoms with E-state index in [0.717, 1.165) is 58.2 Å². The van der Waals surface area contributed by atoms with E-state index in [1.54, 1.807) is 0 Å². The van der Waals surface area contributed by atoms with Gasteiger partial charge in [0, 0.05) is 60.2 Å². The lowest BCUT2D eigenvalue weighted by molar-refractivity contribution is 0.533. The first-order chi connectivity index (χ1) is 27.7. The molecule has 9 aromatic rings. The summed E-state index contributed by atoms with van der Waals surface area (Å²) >= 11 is 1.87. The number of nitrogens with zero attached hydrogens (tertiary/aromatic N) is 3. The molecule has 1 atom stereocenters. The fraction of sp³-hybridized carbons (Fsp3) is 0.0784. The molecule has 1 unspecified atom stereocenters. The molecule has 5 heteroatoms. The van der Waals surface area contributed by atoms with Crippen LogP contribution in [-0.4, -0.2) is 15.0 Å². The first-order valence-electron chi connectivity index (χ1n) is 19.3. The van der Waals surface area contributed by atoms with E-state index in [1.807, 2.05) is 41.7 Å². The molecule has 0 radical (unpaired) electrons. The van der Waals surface area contributed by atoms with Gasteiger partial charge in [0.2, 0.25) is 0 Å². The Hall–Kier alpha value is -6.69. The number of allylic oxidation sites excluding steroid dienone is 5. The minimum absolute atomic E-state index is 0.169. The van der Waals surface area contributed by atoms with Crippen LogP contribution in [0.15, 0.2) is 168 Å². The molecule has 0 saturated carbocycles. The fourth-order valence-corrected chi connectivity index (χ4v) is 9.48. The normalized spacial score (nSPS) is 15.1. The number of benzene rings is 6. The van der Waals surface area contributed by atoms with Crippen molar-refractivity contribution >= 4 is 54.1 Å². The second-order valence-corrected chi connectivity index (χ2v) is 15.7. The van der Waals surface area contributed by atoms with E-state index in [2.05, 4.69) is 140 Å². The number of rotatable bonds is 6. The largest absolute Gasteiger partial charge is 0.460 e. The van der Waals surface area contributed by atoms with Gasteiger partial charge in [-0.3, -0.25) is 0 Å². The Morgan fingerprint density at radius 2 is 1.21 bits per heavy atom. The predicted octanol–water partition coefficient (Wildman–Crippen LogP) is 13.7. The zero-order chi connectivity index (χ0) is 37.0. The van der Waals surface area contributed by atoms with Gasteiger partial charge in [0.25, 0.3) is 0 Å². The van der Waals surface area contributed by atoms with Crippen LogP contribution < -0.4 is 0 Å². The van der Waals surface area contributed by atoms with Crippen LogP contribution in [0.4, 0.5) is 0 Å². The van der Waals surface area contributed by atoms with E-state index >= 15 is 0 Å². The highest BCUT2D eigenvalue weighted by Gasteiger charge is 2.25. The van der Waals surface area contributed by atoms with Crippen LogP contribution in [0.25, 0.3) is 88.1 Å². The van der Waals surface area contributed by atoms with E-state index in [-0.39, 0.29) is 5.92 Å². The molecule has 0 aliphatic heterocycles. The minimum Gasteiger partial charge on any atom is -0.460 e.